The summed E-state index contributed by atoms with van der Waals surface area (Å²) in [5.41, 5.74) is 2.33. The van der Waals surface area contributed by atoms with Gasteiger partial charge in [-0.25, -0.2) is 0 Å². The molecule has 0 fully saturated rings. The second-order valence-corrected chi connectivity index (χ2v) is 4.08. The van der Waals surface area contributed by atoms with Gasteiger partial charge in [0.2, 0.25) is 0 Å². The fourth-order valence-corrected chi connectivity index (χ4v) is 1.89. The minimum Gasteiger partial charge on any atom is -0.263 e. The summed E-state index contributed by atoms with van der Waals surface area (Å²) in [5, 5.41) is 5.06. The SMILES string of the molecule is Cc1ccnn1[C@@H](C)c1cccc(Cl)c1. The van der Waals surface area contributed by atoms with Crippen LogP contribution in [-0.4, -0.2) is 9.78 Å². The highest BCUT2D eigenvalue weighted by Crippen LogP contribution is 2.21. The van der Waals surface area contributed by atoms with E-state index in [9.17, 15) is 0 Å². The average Bonchev–Trinajstić information content (AvgIpc) is 2.63. The van der Waals surface area contributed by atoms with Crippen molar-refractivity contribution in [2.75, 3.05) is 0 Å². The molecule has 0 aliphatic heterocycles. The van der Waals surface area contributed by atoms with Crippen molar-refractivity contribution in [2.24, 2.45) is 0 Å². The van der Waals surface area contributed by atoms with Crippen molar-refractivity contribution in [2.45, 2.75) is 19.9 Å². The van der Waals surface area contributed by atoms with Gasteiger partial charge < -0.3 is 0 Å². The first kappa shape index (κ1) is 10.2. The van der Waals surface area contributed by atoms with Gasteiger partial charge in [0.05, 0.1) is 6.04 Å². The Morgan fingerprint density at radius 3 is 2.73 bits per heavy atom. The fraction of sp³-hybridized carbons (Fsp3) is 0.250. The van der Waals surface area contributed by atoms with Crippen molar-refractivity contribution in [3.63, 3.8) is 0 Å². The molecule has 0 radical (unpaired) electrons. The Kier molecular flexibility index (Phi) is 2.78. The van der Waals surface area contributed by atoms with E-state index in [4.69, 9.17) is 11.6 Å². The average molecular weight is 221 g/mol. The normalized spacial score (nSPS) is 12.7. The first-order chi connectivity index (χ1) is 7.18. The molecule has 1 aromatic heterocycles. The lowest BCUT2D eigenvalue weighted by molar-refractivity contribution is 0.550. The zero-order valence-electron chi connectivity index (χ0n) is 8.81. The van der Waals surface area contributed by atoms with Gasteiger partial charge in [0.15, 0.2) is 0 Å². The van der Waals surface area contributed by atoms with Crippen molar-refractivity contribution in [3.05, 3.63) is 52.8 Å². The van der Waals surface area contributed by atoms with Crippen molar-refractivity contribution in [3.8, 4) is 0 Å². The summed E-state index contributed by atoms with van der Waals surface area (Å²) in [7, 11) is 0. The number of hydrogen-bond donors (Lipinski definition) is 0. The minimum atomic E-state index is 0.221. The predicted octanol–water partition coefficient (Wildman–Crippen LogP) is 3.45. The Balaban J connectivity index is 2.36. The number of nitrogens with zero attached hydrogens (tertiary/aromatic N) is 2. The molecular formula is C12H13ClN2. The van der Waals surface area contributed by atoms with Crippen molar-refractivity contribution in [1.29, 1.82) is 0 Å². The maximum Gasteiger partial charge on any atom is 0.0743 e. The standard InChI is InChI=1S/C12H13ClN2/c1-9-6-7-14-15(9)10(2)11-4-3-5-12(13)8-11/h3-8,10H,1-2H3/t10-/m0/s1. The molecule has 2 aromatic rings. The first-order valence-corrected chi connectivity index (χ1v) is 5.32. The van der Waals surface area contributed by atoms with Gasteiger partial charge in [-0.05, 0) is 37.6 Å². The monoisotopic (exact) mass is 220 g/mol. The van der Waals surface area contributed by atoms with Crippen molar-refractivity contribution < 1.29 is 0 Å². The van der Waals surface area contributed by atoms with Gasteiger partial charge in [-0.3, -0.25) is 4.68 Å². The van der Waals surface area contributed by atoms with Crippen LogP contribution in [0.2, 0.25) is 5.02 Å². The van der Waals surface area contributed by atoms with E-state index in [0.29, 0.717) is 0 Å². The van der Waals surface area contributed by atoms with Crippen molar-refractivity contribution in [1.82, 2.24) is 9.78 Å². The van der Waals surface area contributed by atoms with Crippen LogP contribution in [0.1, 0.15) is 24.2 Å². The van der Waals surface area contributed by atoms with E-state index >= 15 is 0 Å². The molecule has 0 N–H and O–H groups in total. The molecule has 0 saturated carbocycles. The molecule has 3 heteroatoms. The van der Waals surface area contributed by atoms with Crippen molar-refractivity contribution >= 4 is 11.6 Å². The maximum atomic E-state index is 5.96. The van der Waals surface area contributed by atoms with Gasteiger partial charge in [0.25, 0.3) is 0 Å². The molecule has 0 unspecified atom stereocenters. The molecule has 1 atom stereocenters. The van der Waals surface area contributed by atoms with E-state index in [1.165, 1.54) is 5.56 Å². The Bertz CT molecular complexity index is 462. The molecule has 78 valence electrons. The molecule has 0 aliphatic carbocycles. The largest absolute Gasteiger partial charge is 0.263 e. The smallest absolute Gasteiger partial charge is 0.0743 e. The summed E-state index contributed by atoms with van der Waals surface area (Å²) in [4.78, 5) is 0. The molecule has 1 aromatic carbocycles. The third kappa shape index (κ3) is 2.05. The van der Waals surface area contributed by atoms with E-state index in [1.807, 2.05) is 42.1 Å². The van der Waals surface area contributed by atoms with E-state index < -0.39 is 0 Å². The maximum absolute atomic E-state index is 5.96. The highest BCUT2D eigenvalue weighted by atomic mass is 35.5. The van der Waals surface area contributed by atoms with E-state index in [1.54, 1.807) is 0 Å². The lowest BCUT2D eigenvalue weighted by Gasteiger charge is -2.14. The van der Waals surface area contributed by atoms with Crippen LogP contribution >= 0.6 is 11.6 Å². The number of aryl methyl sites for hydroxylation is 1. The third-order valence-corrected chi connectivity index (χ3v) is 2.80. The Morgan fingerprint density at radius 1 is 1.33 bits per heavy atom. The predicted molar refractivity (Wildman–Crippen MR) is 62.2 cm³/mol. The molecule has 0 aliphatic rings. The first-order valence-electron chi connectivity index (χ1n) is 4.94. The van der Waals surface area contributed by atoms with Gasteiger partial charge in [0, 0.05) is 16.9 Å². The minimum absolute atomic E-state index is 0.221. The second kappa shape index (κ2) is 4.07. The quantitative estimate of drug-likeness (QED) is 0.758. The number of benzene rings is 1. The number of halogens is 1. The van der Waals surface area contributed by atoms with Crippen LogP contribution in [0, 0.1) is 6.92 Å². The van der Waals surface area contributed by atoms with Gasteiger partial charge in [0.1, 0.15) is 0 Å². The summed E-state index contributed by atoms with van der Waals surface area (Å²) in [6.07, 6.45) is 1.82. The summed E-state index contributed by atoms with van der Waals surface area (Å²) in [5.74, 6) is 0. The summed E-state index contributed by atoms with van der Waals surface area (Å²) < 4.78 is 1.99. The second-order valence-electron chi connectivity index (χ2n) is 3.65. The highest BCUT2D eigenvalue weighted by Gasteiger charge is 2.09. The van der Waals surface area contributed by atoms with E-state index in [-0.39, 0.29) is 6.04 Å². The number of hydrogen-bond acceptors (Lipinski definition) is 1. The Morgan fingerprint density at radius 2 is 2.13 bits per heavy atom. The van der Waals surface area contributed by atoms with Crippen LogP contribution in [0.15, 0.2) is 36.5 Å². The van der Waals surface area contributed by atoms with Gasteiger partial charge in [-0.15, -0.1) is 0 Å². The molecule has 0 saturated heterocycles. The van der Waals surface area contributed by atoms with Crippen LogP contribution in [-0.2, 0) is 0 Å². The molecule has 2 rings (SSSR count). The van der Waals surface area contributed by atoms with Crippen LogP contribution < -0.4 is 0 Å². The van der Waals surface area contributed by atoms with E-state index in [2.05, 4.69) is 18.1 Å². The van der Waals surface area contributed by atoms with Gasteiger partial charge >= 0.3 is 0 Å². The Hall–Kier alpha value is -1.28. The van der Waals surface area contributed by atoms with Crippen LogP contribution in [0.5, 0.6) is 0 Å². The fourth-order valence-electron chi connectivity index (χ4n) is 1.69. The molecule has 15 heavy (non-hydrogen) atoms. The molecule has 1 heterocycles. The van der Waals surface area contributed by atoms with Crippen LogP contribution in [0.4, 0.5) is 0 Å². The molecule has 2 nitrogen and oxygen atoms in total. The zero-order chi connectivity index (χ0) is 10.8. The molecular weight excluding hydrogens is 208 g/mol. The number of aromatic nitrogens is 2. The van der Waals surface area contributed by atoms with E-state index in [0.717, 1.165) is 10.7 Å². The molecule has 0 bridgehead atoms. The molecule has 0 amide bonds. The topological polar surface area (TPSA) is 17.8 Å². The highest BCUT2D eigenvalue weighted by molar-refractivity contribution is 6.30. The summed E-state index contributed by atoms with van der Waals surface area (Å²) in [6, 6.07) is 10.1. The van der Waals surface area contributed by atoms with Crippen LogP contribution in [0.3, 0.4) is 0 Å². The summed E-state index contributed by atoms with van der Waals surface area (Å²) >= 11 is 5.96. The third-order valence-electron chi connectivity index (χ3n) is 2.57. The lowest BCUT2D eigenvalue weighted by atomic mass is 10.1. The lowest BCUT2D eigenvalue weighted by Crippen LogP contribution is -2.09. The molecule has 0 spiro atoms. The van der Waals surface area contributed by atoms with Crippen LogP contribution in [0.25, 0.3) is 0 Å². The summed E-state index contributed by atoms with van der Waals surface area (Å²) in [6.45, 7) is 4.17. The van der Waals surface area contributed by atoms with Gasteiger partial charge in [-0.1, -0.05) is 23.7 Å². The zero-order valence-corrected chi connectivity index (χ0v) is 9.57. The number of rotatable bonds is 2. The van der Waals surface area contributed by atoms with Gasteiger partial charge in [-0.2, -0.15) is 5.10 Å². The Labute approximate surface area is 94.5 Å².